The van der Waals surface area contributed by atoms with Crippen LogP contribution < -0.4 is 5.32 Å². The maximum Gasteiger partial charge on any atom is 0.317 e. The molecule has 3 rings (SSSR count). The molecule has 24 heavy (non-hydrogen) atoms. The highest BCUT2D eigenvalue weighted by Gasteiger charge is 2.32. The van der Waals surface area contributed by atoms with Gasteiger partial charge < -0.3 is 15.0 Å². The monoisotopic (exact) mass is 325 g/mol. The first-order valence-corrected chi connectivity index (χ1v) is 8.26. The molecule has 2 amide bonds. The number of aromatic nitrogens is 1. The Hall–Kier alpha value is -2.40. The van der Waals surface area contributed by atoms with Crippen LogP contribution in [0.1, 0.15) is 36.6 Å². The average molecular weight is 325 g/mol. The Morgan fingerprint density at radius 1 is 1.29 bits per heavy atom. The molecular weight excluding hydrogens is 302 g/mol. The van der Waals surface area contributed by atoms with E-state index in [9.17, 15) is 4.79 Å². The molecule has 1 aliphatic rings. The van der Waals surface area contributed by atoms with Gasteiger partial charge in [0.1, 0.15) is 6.10 Å². The molecule has 0 bridgehead atoms. The van der Waals surface area contributed by atoms with Gasteiger partial charge in [-0.05, 0) is 30.5 Å². The summed E-state index contributed by atoms with van der Waals surface area (Å²) < 4.78 is 5.83. The van der Waals surface area contributed by atoms with Crippen molar-refractivity contribution < 1.29 is 9.53 Å². The molecule has 2 aromatic rings. The van der Waals surface area contributed by atoms with Gasteiger partial charge in [0.05, 0.1) is 12.1 Å². The molecule has 1 saturated heterocycles. The molecule has 5 heteroatoms. The summed E-state index contributed by atoms with van der Waals surface area (Å²) >= 11 is 0. The Morgan fingerprint density at radius 2 is 2.08 bits per heavy atom. The van der Waals surface area contributed by atoms with Gasteiger partial charge in [0.25, 0.3) is 0 Å². The van der Waals surface area contributed by atoms with Crippen molar-refractivity contribution in [2.45, 2.75) is 31.5 Å². The number of nitrogens with zero attached hydrogens (tertiary/aromatic N) is 2. The van der Waals surface area contributed by atoms with Gasteiger partial charge >= 0.3 is 6.03 Å². The predicted molar refractivity (Wildman–Crippen MR) is 92.5 cm³/mol. The highest BCUT2D eigenvalue weighted by Crippen LogP contribution is 2.29. The Bertz CT molecular complexity index is 663. The normalized spacial score (nSPS) is 21.2. The van der Waals surface area contributed by atoms with Crippen molar-refractivity contribution in [1.82, 2.24) is 15.2 Å². The highest BCUT2D eigenvalue weighted by atomic mass is 16.5. The van der Waals surface area contributed by atoms with E-state index in [1.54, 1.807) is 24.3 Å². The maximum atomic E-state index is 12.6. The van der Waals surface area contributed by atoms with E-state index in [4.69, 9.17) is 4.74 Å². The van der Waals surface area contributed by atoms with Crippen LogP contribution in [0.2, 0.25) is 0 Å². The molecule has 1 fully saturated rings. The van der Waals surface area contributed by atoms with E-state index in [0.717, 1.165) is 17.5 Å². The van der Waals surface area contributed by atoms with Crippen molar-refractivity contribution in [3.05, 3.63) is 66.0 Å². The molecule has 5 nitrogen and oxygen atoms in total. The lowest BCUT2D eigenvalue weighted by atomic mass is 10.0. The van der Waals surface area contributed by atoms with Crippen molar-refractivity contribution in [3.63, 3.8) is 0 Å². The van der Waals surface area contributed by atoms with Crippen LogP contribution in [-0.2, 0) is 4.74 Å². The lowest BCUT2D eigenvalue weighted by Gasteiger charge is -2.28. The second-order valence-electron chi connectivity index (χ2n) is 6.12. The molecule has 0 aliphatic carbocycles. The molecule has 0 spiro atoms. The van der Waals surface area contributed by atoms with E-state index in [1.165, 1.54) is 0 Å². The van der Waals surface area contributed by atoms with Crippen LogP contribution in [0.4, 0.5) is 4.79 Å². The van der Waals surface area contributed by atoms with Crippen LogP contribution in [0.5, 0.6) is 0 Å². The summed E-state index contributed by atoms with van der Waals surface area (Å²) in [6.07, 6.45) is 4.26. The topological polar surface area (TPSA) is 54.5 Å². The Kier molecular flexibility index (Phi) is 5.11. The number of ether oxygens (including phenoxy) is 1. The van der Waals surface area contributed by atoms with Crippen molar-refractivity contribution in [2.75, 3.05) is 13.7 Å². The van der Waals surface area contributed by atoms with Gasteiger partial charge in [-0.3, -0.25) is 4.98 Å². The van der Waals surface area contributed by atoms with Crippen molar-refractivity contribution in [2.24, 2.45) is 0 Å². The second-order valence-corrected chi connectivity index (χ2v) is 6.12. The molecular formula is C19H23N3O2. The number of rotatable bonds is 4. The SMILES string of the molecule is C[C@@H](c1cccnc1)N(C)C(=O)N[C@H]1CCO[C@@H]1c1ccccc1. The first-order chi connectivity index (χ1) is 11.7. The van der Waals surface area contributed by atoms with Gasteiger partial charge in [0.15, 0.2) is 0 Å². The minimum absolute atomic E-state index is 0.0107. The van der Waals surface area contributed by atoms with Gasteiger partial charge in [-0.2, -0.15) is 0 Å². The zero-order valence-corrected chi connectivity index (χ0v) is 14.1. The van der Waals surface area contributed by atoms with Gasteiger partial charge in [-0.25, -0.2) is 4.79 Å². The van der Waals surface area contributed by atoms with Crippen molar-refractivity contribution in [1.29, 1.82) is 0 Å². The number of amides is 2. The number of carbonyl (C=O) groups excluding carboxylic acids is 1. The van der Waals surface area contributed by atoms with Gasteiger partial charge in [0.2, 0.25) is 0 Å². The van der Waals surface area contributed by atoms with Crippen molar-refractivity contribution >= 4 is 6.03 Å². The molecule has 1 N–H and O–H groups in total. The maximum absolute atomic E-state index is 12.6. The number of pyridine rings is 1. The van der Waals surface area contributed by atoms with Crippen LogP contribution in [0.3, 0.4) is 0 Å². The number of hydrogen-bond donors (Lipinski definition) is 1. The number of carbonyl (C=O) groups is 1. The third-order valence-corrected chi connectivity index (χ3v) is 4.60. The predicted octanol–water partition coefficient (Wildman–Crippen LogP) is 3.31. The summed E-state index contributed by atoms with van der Waals surface area (Å²) in [7, 11) is 1.81. The fraction of sp³-hybridized carbons (Fsp3) is 0.368. The summed E-state index contributed by atoms with van der Waals surface area (Å²) in [4.78, 5) is 18.5. The smallest absolute Gasteiger partial charge is 0.317 e. The molecule has 0 radical (unpaired) electrons. The van der Waals surface area contributed by atoms with Crippen LogP contribution in [-0.4, -0.2) is 35.6 Å². The van der Waals surface area contributed by atoms with E-state index in [-0.39, 0.29) is 24.2 Å². The number of hydrogen-bond acceptors (Lipinski definition) is 3. The van der Waals surface area contributed by atoms with Gasteiger partial charge in [0, 0.05) is 26.0 Å². The molecule has 2 heterocycles. The lowest BCUT2D eigenvalue weighted by molar-refractivity contribution is 0.0978. The number of benzene rings is 1. The van der Waals surface area contributed by atoms with E-state index >= 15 is 0 Å². The third kappa shape index (κ3) is 3.57. The molecule has 0 saturated carbocycles. The first-order valence-electron chi connectivity index (χ1n) is 8.26. The van der Waals surface area contributed by atoms with Crippen LogP contribution in [0.15, 0.2) is 54.9 Å². The van der Waals surface area contributed by atoms with Gasteiger partial charge in [-0.15, -0.1) is 0 Å². The highest BCUT2D eigenvalue weighted by molar-refractivity contribution is 5.75. The quantitative estimate of drug-likeness (QED) is 0.938. The first kappa shape index (κ1) is 16.5. The molecule has 0 unspecified atom stereocenters. The molecule has 3 atom stereocenters. The fourth-order valence-electron chi connectivity index (χ4n) is 2.99. The van der Waals surface area contributed by atoms with E-state index in [1.807, 2.05) is 49.4 Å². The Morgan fingerprint density at radius 3 is 2.79 bits per heavy atom. The molecule has 126 valence electrons. The zero-order valence-electron chi connectivity index (χ0n) is 14.1. The Labute approximate surface area is 142 Å². The Balaban J connectivity index is 1.65. The third-order valence-electron chi connectivity index (χ3n) is 4.60. The van der Waals surface area contributed by atoms with E-state index < -0.39 is 0 Å². The summed E-state index contributed by atoms with van der Waals surface area (Å²) in [5.74, 6) is 0. The van der Waals surface area contributed by atoms with Gasteiger partial charge in [-0.1, -0.05) is 36.4 Å². The van der Waals surface area contributed by atoms with Crippen LogP contribution >= 0.6 is 0 Å². The standard InChI is InChI=1S/C19H23N3O2/c1-14(16-9-6-11-20-13-16)22(2)19(23)21-17-10-12-24-18(17)15-7-4-3-5-8-15/h3-9,11,13-14,17-18H,10,12H2,1-2H3,(H,21,23)/t14-,17-,18+/m0/s1. The van der Waals surface area contributed by atoms with Crippen LogP contribution in [0, 0.1) is 0 Å². The minimum atomic E-state index is -0.0946. The summed E-state index contributed by atoms with van der Waals surface area (Å²) in [6, 6.07) is 13.8. The second kappa shape index (κ2) is 7.45. The molecule has 1 aromatic carbocycles. The summed E-state index contributed by atoms with van der Waals surface area (Å²) in [6.45, 7) is 2.66. The largest absolute Gasteiger partial charge is 0.371 e. The van der Waals surface area contributed by atoms with Crippen LogP contribution in [0.25, 0.3) is 0 Å². The fourth-order valence-corrected chi connectivity index (χ4v) is 2.99. The molecule has 1 aliphatic heterocycles. The van der Waals surface area contributed by atoms with Crippen molar-refractivity contribution in [3.8, 4) is 0 Å². The van der Waals surface area contributed by atoms with E-state index in [0.29, 0.717) is 6.61 Å². The minimum Gasteiger partial charge on any atom is -0.371 e. The number of urea groups is 1. The lowest BCUT2D eigenvalue weighted by Crippen LogP contribution is -2.45. The average Bonchev–Trinajstić information content (AvgIpc) is 3.10. The summed E-state index contributed by atoms with van der Waals surface area (Å²) in [5, 5.41) is 3.12. The molecule has 1 aromatic heterocycles. The number of nitrogens with one attached hydrogen (secondary N) is 1. The zero-order chi connectivity index (χ0) is 16.9. The summed E-state index contributed by atoms with van der Waals surface area (Å²) in [5.41, 5.74) is 2.11. The van der Waals surface area contributed by atoms with E-state index in [2.05, 4.69) is 10.3 Å².